The molecule has 3 aromatic rings. The third-order valence-corrected chi connectivity index (χ3v) is 6.09. The molecule has 1 aromatic carbocycles. The Kier molecular flexibility index (Phi) is 2.71. The summed E-state index contributed by atoms with van der Waals surface area (Å²) in [7, 11) is 0. The van der Waals surface area contributed by atoms with Crippen LogP contribution in [0.3, 0.4) is 0 Å². The van der Waals surface area contributed by atoms with Crippen LogP contribution in [0.1, 0.15) is 30.5 Å². The van der Waals surface area contributed by atoms with E-state index in [0.717, 1.165) is 17.2 Å². The van der Waals surface area contributed by atoms with Gasteiger partial charge in [-0.05, 0) is 24.5 Å². The van der Waals surface area contributed by atoms with Gasteiger partial charge >= 0.3 is 0 Å². The second-order valence-electron chi connectivity index (χ2n) is 6.65. The molecule has 5 rings (SSSR count). The average molecular weight is 323 g/mol. The number of aromatic nitrogens is 2. The molecule has 1 saturated carbocycles. The van der Waals surface area contributed by atoms with Crippen LogP contribution < -0.4 is 10.5 Å². The molecule has 0 amide bonds. The minimum absolute atomic E-state index is 0.0112. The maximum atomic E-state index is 12.2. The third-order valence-electron chi connectivity index (χ3n) is 5.33. The molecule has 0 N–H and O–H groups in total. The maximum absolute atomic E-state index is 12.2. The van der Waals surface area contributed by atoms with E-state index in [1.807, 2.05) is 5.38 Å². The van der Waals surface area contributed by atoms with Gasteiger partial charge in [-0.3, -0.25) is 9.20 Å². The molecule has 23 heavy (non-hydrogen) atoms. The molecular weight excluding hydrogens is 306 g/mol. The third kappa shape index (κ3) is 1.89. The molecule has 116 valence electrons. The van der Waals surface area contributed by atoms with Gasteiger partial charge in [0.2, 0.25) is 0 Å². The minimum Gasteiger partial charge on any atom is -0.364 e. The van der Waals surface area contributed by atoms with E-state index < -0.39 is 0 Å². The number of anilines is 1. The van der Waals surface area contributed by atoms with E-state index in [0.29, 0.717) is 12.0 Å². The number of nitrogens with zero attached hydrogens (tertiary/aromatic N) is 3. The quantitative estimate of drug-likeness (QED) is 0.727. The molecular formula is C18H17N3OS. The Bertz CT molecular complexity index is 954. The Hall–Kier alpha value is -2.14. The van der Waals surface area contributed by atoms with Crippen LogP contribution >= 0.6 is 11.3 Å². The van der Waals surface area contributed by atoms with Gasteiger partial charge in [0.05, 0.1) is 12.2 Å². The molecule has 0 radical (unpaired) electrons. The Morgan fingerprint density at radius 3 is 2.96 bits per heavy atom. The summed E-state index contributed by atoms with van der Waals surface area (Å²) < 4.78 is 1.61. The summed E-state index contributed by atoms with van der Waals surface area (Å²) in [6.45, 7) is 1.76. The lowest BCUT2D eigenvalue weighted by atomic mass is 9.66. The van der Waals surface area contributed by atoms with E-state index >= 15 is 0 Å². The number of rotatable bonds is 2. The van der Waals surface area contributed by atoms with Crippen molar-refractivity contribution in [3.63, 3.8) is 0 Å². The number of thiazole rings is 1. The number of hydrogen-bond donors (Lipinski definition) is 0. The first-order valence-electron chi connectivity index (χ1n) is 8.05. The standard InChI is InChI=1S/C18H17N3OS/c22-16-10-13(19-17-21(16)8-9-23-17)11-20-12-18(6-3-7-18)14-4-1-2-5-15(14)20/h1-2,4-5,8-10H,3,6-7,11-12H2. The highest BCUT2D eigenvalue weighted by Gasteiger charge is 2.46. The van der Waals surface area contributed by atoms with Crippen molar-refractivity contribution in [1.82, 2.24) is 9.38 Å². The molecule has 3 heterocycles. The summed E-state index contributed by atoms with van der Waals surface area (Å²) in [5.41, 5.74) is 4.03. The monoisotopic (exact) mass is 323 g/mol. The average Bonchev–Trinajstić information content (AvgIpc) is 3.10. The predicted octanol–water partition coefficient (Wildman–Crippen LogP) is 3.20. The van der Waals surface area contributed by atoms with Crippen molar-refractivity contribution >= 4 is 22.0 Å². The Morgan fingerprint density at radius 1 is 1.26 bits per heavy atom. The highest BCUT2D eigenvalue weighted by atomic mass is 32.1. The molecule has 0 unspecified atom stereocenters. The fourth-order valence-electron chi connectivity index (χ4n) is 4.07. The van der Waals surface area contributed by atoms with E-state index in [-0.39, 0.29) is 5.56 Å². The normalized spacial score (nSPS) is 18.3. The second-order valence-corrected chi connectivity index (χ2v) is 7.52. The van der Waals surface area contributed by atoms with Crippen LogP contribution in [0.2, 0.25) is 0 Å². The van der Waals surface area contributed by atoms with Crippen LogP contribution in [-0.2, 0) is 12.0 Å². The van der Waals surface area contributed by atoms with Crippen LogP contribution in [-0.4, -0.2) is 15.9 Å². The number of benzene rings is 1. The molecule has 2 aliphatic rings. The van der Waals surface area contributed by atoms with Crippen LogP contribution in [0.15, 0.2) is 46.7 Å². The van der Waals surface area contributed by atoms with Crippen molar-refractivity contribution in [3.05, 3.63) is 63.5 Å². The van der Waals surface area contributed by atoms with Crippen molar-refractivity contribution in [2.45, 2.75) is 31.2 Å². The largest absolute Gasteiger partial charge is 0.364 e. The van der Waals surface area contributed by atoms with Crippen molar-refractivity contribution < 1.29 is 0 Å². The first-order valence-corrected chi connectivity index (χ1v) is 8.93. The second kappa shape index (κ2) is 4.68. The number of hydrogen-bond acceptors (Lipinski definition) is 4. The van der Waals surface area contributed by atoms with Gasteiger partial charge in [0.25, 0.3) is 5.56 Å². The van der Waals surface area contributed by atoms with Gasteiger partial charge in [-0.25, -0.2) is 4.98 Å². The smallest absolute Gasteiger partial charge is 0.258 e. The minimum atomic E-state index is 0.0112. The highest BCUT2D eigenvalue weighted by molar-refractivity contribution is 7.15. The van der Waals surface area contributed by atoms with Crippen molar-refractivity contribution in [2.75, 3.05) is 11.4 Å². The fourth-order valence-corrected chi connectivity index (χ4v) is 4.81. The number of para-hydroxylation sites is 1. The lowest BCUT2D eigenvalue weighted by Gasteiger charge is -2.39. The van der Waals surface area contributed by atoms with Gasteiger partial charge in [-0.15, -0.1) is 11.3 Å². The topological polar surface area (TPSA) is 37.6 Å². The van der Waals surface area contributed by atoms with E-state index in [1.165, 1.54) is 41.9 Å². The molecule has 1 fully saturated rings. The molecule has 1 aliphatic heterocycles. The number of fused-ring (bicyclic) bond motifs is 3. The zero-order valence-corrected chi connectivity index (χ0v) is 13.6. The van der Waals surface area contributed by atoms with E-state index in [4.69, 9.17) is 0 Å². The summed E-state index contributed by atoms with van der Waals surface area (Å²) in [5.74, 6) is 0. The van der Waals surface area contributed by atoms with Crippen molar-refractivity contribution in [3.8, 4) is 0 Å². The van der Waals surface area contributed by atoms with E-state index in [2.05, 4.69) is 34.1 Å². The van der Waals surface area contributed by atoms with Gasteiger partial charge in [-0.1, -0.05) is 24.6 Å². The first-order chi connectivity index (χ1) is 11.3. The van der Waals surface area contributed by atoms with E-state index in [9.17, 15) is 4.79 Å². The van der Waals surface area contributed by atoms with Gasteiger partial charge in [0, 0.05) is 35.3 Å². The molecule has 2 aromatic heterocycles. The zero-order chi connectivity index (χ0) is 15.4. The van der Waals surface area contributed by atoms with Crippen LogP contribution in [0, 0.1) is 0 Å². The van der Waals surface area contributed by atoms with Crippen LogP contribution in [0.4, 0.5) is 5.69 Å². The van der Waals surface area contributed by atoms with Gasteiger partial charge in [0.15, 0.2) is 4.96 Å². The lowest BCUT2D eigenvalue weighted by Crippen LogP contribution is -2.39. The highest BCUT2D eigenvalue weighted by Crippen LogP contribution is 2.52. The fraction of sp³-hybridized carbons (Fsp3) is 0.333. The zero-order valence-electron chi connectivity index (χ0n) is 12.7. The van der Waals surface area contributed by atoms with Crippen LogP contribution in [0.5, 0.6) is 0 Å². The predicted molar refractivity (Wildman–Crippen MR) is 92.4 cm³/mol. The molecule has 1 aliphatic carbocycles. The van der Waals surface area contributed by atoms with Crippen molar-refractivity contribution in [2.24, 2.45) is 0 Å². The maximum Gasteiger partial charge on any atom is 0.258 e. The molecule has 1 spiro atoms. The van der Waals surface area contributed by atoms with E-state index in [1.54, 1.807) is 16.7 Å². The Balaban J connectivity index is 1.54. The molecule has 0 atom stereocenters. The van der Waals surface area contributed by atoms with Crippen molar-refractivity contribution in [1.29, 1.82) is 0 Å². The lowest BCUT2D eigenvalue weighted by molar-refractivity contribution is 0.263. The summed E-state index contributed by atoms with van der Waals surface area (Å²) in [6, 6.07) is 10.4. The molecule has 4 nitrogen and oxygen atoms in total. The molecule has 0 saturated heterocycles. The summed E-state index contributed by atoms with van der Waals surface area (Å²) in [5, 5.41) is 1.90. The SMILES string of the molecule is O=c1cc(CN2CC3(CCC3)c3ccccc32)nc2sccn12. The Morgan fingerprint density at radius 2 is 2.13 bits per heavy atom. The molecule has 5 heteroatoms. The first kappa shape index (κ1) is 13.3. The van der Waals surface area contributed by atoms with Gasteiger partial charge < -0.3 is 4.90 Å². The molecule has 0 bridgehead atoms. The summed E-state index contributed by atoms with van der Waals surface area (Å²) in [6.07, 6.45) is 5.66. The van der Waals surface area contributed by atoms with Gasteiger partial charge in [0.1, 0.15) is 0 Å². The van der Waals surface area contributed by atoms with Gasteiger partial charge in [-0.2, -0.15) is 0 Å². The summed E-state index contributed by atoms with van der Waals surface area (Å²) in [4.78, 5) is 20.0. The van der Waals surface area contributed by atoms with Crippen LogP contribution in [0.25, 0.3) is 4.96 Å². The summed E-state index contributed by atoms with van der Waals surface area (Å²) >= 11 is 1.51. The Labute approximate surface area is 138 Å².